The maximum absolute atomic E-state index is 9.71. The summed E-state index contributed by atoms with van der Waals surface area (Å²) in [5.74, 6) is 1.58. The van der Waals surface area contributed by atoms with Gasteiger partial charge in [0.1, 0.15) is 11.5 Å². The number of H-pyrrole nitrogens is 1. The van der Waals surface area contributed by atoms with Gasteiger partial charge in [0.2, 0.25) is 5.88 Å². The Hall–Kier alpha value is -3.84. The van der Waals surface area contributed by atoms with E-state index in [-0.39, 0.29) is 22.0 Å². The molecule has 6 nitrogen and oxygen atoms in total. The second-order valence-electron chi connectivity index (χ2n) is 13.6. The summed E-state index contributed by atoms with van der Waals surface area (Å²) in [6.07, 6.45) is 0.755. The first-order valence-corrected chi connectivity index (χ1v) is 15.3. The average molecular weight is 584 g/mol. The van der Waals surface area contributed by atoms with Gasteiger partial charge in [-0.2, -0.15) is 5.10 Å². The van der Waals surface area contributed by atoms with Gasteiger partial charge < -0.3 is 14.6 Å². The number of nitrogens with zero attached hydrogens (tertiary/aromatic N) is 2. The molecule has 1 atom stereocenters. The maximum Gasteiger partial charge on any atom is 0.217 e. The van der Waals surface area contributed by atoms with Crippen molar-refractivity contribution in [3.63, 3.8) is 0 Å². The van der Waals surface area contributed by atoms with E-state index in [0.29, 0.717) is 24.8 Å². The van der Waals surface area contributed by atoms with Crippen molar-refractivity contribution in [3.8, 4) is 28.6 Å². The number of fused-ring (bicyclic) bond motifs is 1. The molecule has 3 heterocycles. The fourth-order valence-electron chi connectivity index (χ4n) is 4.81. The zero-order chi connectivity index (χ0) is 30.1. The largest absolute Gasteiger partial charge is 0.508 e. The lowest BCUT2D eigenvalue weighted by Crippen LogP contribution is -2.34. The van der Waals surface area contributed by atoms with E-state index in [9.17, 15) is 5.11 Å². The molecule has 0 saturated carbocycles. The highest BCUT2D eigenvalue weighted by Gasteiger charge is 2.30. The standard InChI is InChI=1S/C35H41N3O3S/c1-33(2,3)28-17-23-10-8-9-11-29(23)36-32(28)41-22-35(7,21-40-26-14-12-25(39)13-15-26)19-27-16-24(20-42-27)30-18-31(38-37-30)34(4,5)6/h8-18,20,39H,19,21-22H2,1-7H3,(H,37,38)/t35-/m0/s1. The second kappa shape index (κ2) is 11.4. The van der Waals surface area contributed by atoms with E-state index in [1.165, 1.54) is 4.88 Å². The Morgan fingerprint density at radius 3 is 2.24 bits per heavy atom. The Morgan fingerprint density at radius 1 is 0.833 bits per heavy atom. The van der Waals surface area contributed by atoms with Crippen molar-refractivity contribution in [3.05, 3.63) is 88.2 Å². The molecule has 0 aliphatic rings. The van der Waals surface area contributed by atoms with E-state index in [0.717, 1.165) is 39.8 Å². The van der Waals surface area contributed by atoms with Gasteiger partial charge in [-0.15, -0.1) is 11.3 Å². The monoisotopic (exact) mass is 583 g/mol. The fourth-order valence-corrected chi connectivity index (χ4v) is 5.91. The molecule has 0 radical (unpaired) electrons. The summed E-state index contributed by atoms with van der Waals surface area (Å²) in [4.78, 5) is 6.18. The number of aromatic hydroxyl groups is 1. The molecule has 0 amide bonds. The number of pyridine rings is 1. The number of nitrogens with one attached hydrogen (secondary N) is 1. The molecule has 3 aromatic heterocycles. The van der Waals surface area contributed by atoms with Crippen LogP contribution in [0.3, 0.4) is 0 Å². The molecule has 5 rings (SSSR count). The van der Waals surface area contributed by atoms with Crippen LogP contribution in [0.25, 0.3) is 22.2 Å². The van der Waals surface area contributed by atoms with Crippen molar-refractivity contribution >= 4 is 22.2 Å². The quantitative estimate of drug-likeness (QED) is 0.181. The SMILES string of the molecule is CC(C)(C)c1cc(-c2csc(C[C@@](C)(COc3ccc(O)cc3)COc3nc4ccccc4cc3C(C)(C)C)c2)n[nH]1. The number of hydrogen-bond donors (Lipinski definition) is 2. The molecule has 0 aliphatic heterocycles. The van der Waals surface area contributed by atoms with Crippen LogP contribution in [-0.4, -0.2) is 33.5 Å². The Labute approximate surface area is 252 Å². The zero-order valence-corrected chi connectivity index (χ0v) is 26.4. The third kappa shape index (κ3) is 6.96. The predicted molar refractivity (Wildman–Crippen MR) is 172 cm³/mol. The van der Waals surface area contributed by atoms with Crippen LogP contribution in [0.4, 0.5) is 0 Å². The summed E-state index contributed by atoms with van der Waals surface area (Å²) in [6.45, 7) is 16.1. The van der Waals surface area contributed by atoms with Crippen molar-refractivity contribution in [2.75, 3.05) is 13.2 Å². The van der Waals surface area contributed by atoms with Crippen molar-refractivity contribution in [2.45, 2.75) is 65.7 Å². The van der Waals surface area contributed by atoms with E-state index < -0.39 is 0 Å². The Morgan fingerprint density at radius 2 is 1.55 bits per heavy atom. The number of aromatic nitrogens is 3. The number of ether oxygens (including phenoxy) is 2. The van der Waals surface area contributed by atoms with Gasteiger partial charge in [-0.1, -0.05) is 66.7 Å². The molecule has 0 saturated heterocycles. The van der Waals surface area contributed by atoms with Gasteiger partial charge in [0, 0.05) is 43.3 Å². The summed E-state index contributed by atoms with van der Waals surface area (Å²) in [7, 11) is 0. The van der Waals surface area contributed by atoms with Crippen LogP contribution in [0.5, 0.6) is 17.4 Å². The molecule has 5 aromatic rings. The summed E-state index contributed by atoms with van der Waals surface area (Å²) in [6, 6.07) is 21.6. The molecule has 0 bridgehead atoms. The zero-order valence-electron chi connectivity index (χ0n) is 25.6. The van der Waals surface area contributed by atoms with Gasteiger partial charge in [-0.05, 0) is 60.4 Å². The van der Waals surface area contributed by atoms with E-state index >= 15 is 0 Å². The first kappa shape index (κ1) is 29.6. The highest BCUT2D eigenvalue weighted by Crippen LogP contribution is 2.36. The first-order chi connectivity index (χ1) is 19.8. The van der Waals surface area contributed by atoms with E-state index in [4.69, 9.17) is 14.5 Å². The summed E-state index contributed by atoms with van der Waals surface area (Å²) >= 11 is 1.73. The van der Waals surface area contributed by atoms with Gasteiger partial charge in [-0.25, -0.2) is 4.98 Å². The molecule has 42 heavy (non-hydrogen) atoms. The molecule has 0 unspecified atom stereocenters. The lowest BCUT2D eigenvalue weighted by Gasteiger charge is -2.30. The predicted octanol–water partition coefficient (Wildman–Crippen LogP) is 8.69. The minimum atomic E-state index is -0.370. The molecule has 2 N–H and O–H groups in total. The molecular formula is C35H41N3O3S. The first-order valence-electron chi connectivity index (χ1n) is 14.4. The maximum atomic E-state index is 9.71. The number of phenols is 1. The van der Waals surface area contributed by atoms with Crippen molar-refractivity contribution < 1.29 is 14.6 Å². The number of thiophene rings is 1. The lowest BCUT2D eigenvalue weighted by atomic mass is 9.86. The highest BCUT2D eigenvalue weighted by molar-refractivity contribution is 7.10. The van der Waals surface area contributed by atoms with Gasteiger partial charge >= 0.3 is 0 Å². The number of benzene rings is 2. The summed E-state index contributed by atoms with van der Waals surface area (Å²) in [5.41, 5.74) is 4.67. The highest BCUT2D eigenvalue weighted by atomic mass is 32.1. The molecular weight excluding hydrogens is 542 g/mol. The third-order valence-corrected chi connectivity index (χ3v) is 8.35. The topological polar surface area (TPSA) is 80.3 Å². The van der Waals surface area contributed by atoms with Crippen molar-refractivity contribution in [2.24, 2.45) is 5.41 Å². The van der Waals surface area contributed by atoms with E-state index in [2.05, 4.69) is 88.3 Å². The minimum Gasteiger partial charge on any atom is -0.508 e. The Balaban J connectivity index is 1.41. The van der Waals surface area contributed by atoms with Gasteiger partial charge in [0.15, 0.2) is 0 Å². The van der Waals surface area contributed by atoms with Gasteiger partial charge in [0.05, 0.1) is 24.4 Å². The third-order valence-electron chi connectivity index (χ3n) is 7.41. The van der Waals surface area contributed by atoms with E-state index in [1.54, 1.807) is 35.6 Å². The smallest absolute Gasteiger partial charge is 0.217 e. The molecule has 7 heteroatoms. The number of aromatic amines is 1. The van der Waals surface area contributed by atoms with Gasteiger partial charge in [-0.3, -0.25) is 5.10 Å². The van der Waals surface area contributed by atoms with E-state index in [1.807, 2.05) is 18.2 Å². The summed E-state index contributed by atoms with van der Waals surface area (Å²) < 4.78 is 12.9. The van der Waals surface area contributed by atoms with Crippen LogP contribution in [0.1, 0.15) is 64.6 Å². The molecule has 0 aliphatic carbocycles. The summed E-state index contributed by atoms with van der Waals surface area (Å²) in [5, 5.41) is 20.8. The Kier molecular flexibility index (Phi) is 8.08. The van der Waals surface area contributed by atoms with Crippen LogP contribution in [0.2, 0.25) is 0 Å². The minimum absolute atomic E-state index is 0.00822. The molecule has 2 aromatic carbocycles. The second-order valence-corrected chi connectivity index (χ2v) is 14.6. The van der Waals surface area contributed by atoms with Gasteiger partial charge in [0.25, 0.3) is 0 Å². The lowest BCUT2D eigenvalue weighted by molar-refractivity contribution is 0.0914. The molecule has 0 spiro atoms. The number of para-hydroxylation sites is 1. The van der Waals surface area contributed by atoms with Crippen LogP contribution < -0.4 is 9.47 Å². The normalized spacial score (nSPS) is 13.7. The van der Waals surface area contributed by atoms with Crippen LogP contribution in [0, 0.1) is 5.41 Å². The number of hydrogen-bond acceptors (Lipinski definition) is 6. The molecule has 0 fully saturated rings. The Bertz CT molecular complexity index is 1660. The fraction of sp³-hybridized carbons (Fsp3) is 0.371. The van der Waals surface area contributed by atoms with Crippen LogP contribution >= 0.6 is 11.3 Å². The number of phenolic OH excluding ortho intramolecular Hbond substituents is 1. The average Bonchev–Trinajstić information content (AvgIpc) is 3.61. The van der Waals surface area contributed by atoms with Crippen molar-refractivity contribution in [1.82, 2.24) is 15.2 Å². The molecule has 220 valence electrons. The van der Waals surface area contributed by atoms with Crippen LogP contribution in [-0.2, 0) is 17.3 Å². The van der Waals surface area contributed by atoms with Crippen LogP contribution in [0.15, 0.2) is 72.1 Å². The van der Waals surface area contributed by atoms with Crippen molar-refractivity contribution in [1.29, 1.82) is 0 Å². The number of rotatable bonds is 9.